The minimum absolute atomic E-state index is 0.179. The van der Waals surface area contributed by atoms with E-state index in [1.807, 2.05) is 0 Å². The van der Waals surface area contributed by atoms with Crippen LogP contribution in [0.25, 0.3) is 11.2 Å². The molecule has 0 aromatic carbocycles. The zero-order valence-electron chi connectivity index (χ0n) is 25.6. The molecule has 46 heavy (non-hydrogen) atoms. The van der Waals surface area contributed by atoms with Crippen molar-refractivity contribution >= 4 is 24.7 Å². The van der Waals surface area contributed by atoms with Crippen molar-refractivity contribution in [2.45, 2.75) is 69.7 Å². The van der Waals surface area contributed by atoms with Crippen molar-refractivity contribution in [1.82, 2.24) is 33.7 Å². The summed E-state index contributed by atoms with van der Waals surface area (Å²) in [5, 5.41) is 21.3. The van der Waals surface area contributed by atoms with Gasteiger partial charge in [-0.25, -0.2) is 29.0 Å². The van der Waals surface area contributed by atoms with Crippen molar-refractivity contribution in [2.24, 2.45) is 11.8 Å². The number of methoxy groups -OCH3 is 1. The SMILES string of the molecule is CO[C@@H]1[C@H](O)[C@@H](COP(=O)(O[C@H]2C[C@H](n3cnc4c(N)ncnc43)O[C@@H]2CO)N2CC(C)CC(C)C2)O[C@H]1n1ccc(=O)[nH]c1=O. The van der Waals surface area contributed by atoms with E-state index in [1.54, 1.807) is 9.24 Å². The van der Waals surface area contributed by atoms with Crippen molar-refractivity contribution in [3.63, 3.8) is 0 Å². The zero-order chi connectivity index (χ0) is 32.7. The van der Waals surface area contributed by atoms with Crippen LogP contribution in [0.1, 0.15) is 39.1 Å². The first-order valence-electron chi connectivity index (χ1n) is 15.1. The van der Waals surface area contributed by atoms with Crippen LogP contribution >= 0.6 is 7.75 Å². The number of aromatic amines is 1. The number of hydrogen-bond acceptors (Lipinski definition) is 14. The minimum atomic E-state index is -4.12. The van der Waals surface area contributed by atoms with Gasteiger partial charge in [0.2, 0.25) is 0 Å². The molecule has 3 aromatic rings. The van der Waals surface area contributed by atoms with Crippen LogP contribution in [-0.4, -0.2) is 108 Å². The Morgan fingerprint density at radius 1 is 1.11 bits per heavy atom. The summed E-state index contributed by atoms with van der Waals surface area (Å²) in [6, 6.07) is 1.15. The monoisotopic (exact) mass is 666 g/mol. The number of nitrogens with zero attached hydrogens (tertiary/aromatic N) is 6. The van der Waals surface area contributed by atoms with Crippen molar-refractivity contribution in [2.75, 3.05) is 39.1 Å². The van der Waals surface area contributed by atoms with Gasteiger partial charge in [0.05, 0.1) is 19.5 Å². The fraction of sp³-hybridized carbons (Fsp3) is 0.667. The third kappa shape index (κ3) is 6.28. The van der Waals surface area contributed by atoms with Crippen molar-refractivity contribution in [3.05, 3.63) is 45.8 Å². The Morgan fingerprint density at radius 2 is 1.87 bits per heavy atom. The van der Waals surface area contributed by atoms with Gasteiger partial charge in [-0.05, 0) is 18.3 Å². The maximum absolute atomic E-state index is 14.8. The third-order valence-electron chi connectivity index (χ3n) is 8.63. The number of H-pyrrole nitrogens is 1. The summed E-state index contributed by atoms with van der Waals surface area (Å²) in [6.07, 6.45) is -1.68. The molecular weight excluding hydrogens is 627 g/mol. The Bertz CT molecular complexity index is 1690. The van der Waals surface area contributed by atoms with Gasteiger partial charge in [0.25, 0.3) is 5.56 Å². The van der Waals surface area contributed by atoms with Gasteiger partial charge in [-0.15, -0.1) is 0 Å². The summed E-state index contributed by atoms with van der Waals surface area (Å²) >= 11 is 0. The van der Waals surface area contributed by atoms with E-state index in [1.165, 1.54) is 26.0 Å². The summed E-state index contributed by atoms with van der Waals surface area (Å²) in [6.45, 7) is 4.15. The zero-order valence-corrected chi connectivity index (χ0v) is 26.5. The minimum Gasteiger partial charge on any atom is -0.394 e. The first-order chi connectivity index (χ1) is 22.0. The molecule has 3 fully saturated rings. The summed E-state index contributed by atoms with van der Waals surface area (Å²) in [5.74, 6) is 0.588. The van der Waals surface area contributed by atoms with Gasteiger partial charge in [0, 0.05) is 38.9 Å². The number of nitrogens with two attached hydrogens (primary N) is 1. The Hall–Kier alpha value is -3.06. The number of nitrogens with one attached hydrogen (secondary N) is 1. The summed E-state index contributed by atoms with van der Waals surface area (Å²) < 4.78 is 49.2. The van der Waals surface area contributed by atoms with Gasteiger partial charge in [0.1, 0.15) is 48.6 Å². The predicted octanol–water partition coefficient (Wildman–Crippen LogP) is -0.000400. The number of aliphatic hydroxyl groups excluding tert-OH is 2. The number of imidazole rings is 1. The van der Waals surface area contributed by atoms with E-state index < -0.39 is 68.6 Å². The Kier molecular flexibility index (Phi) is 9.44. The number of fused-ring (bicyclic) bond motifs is 1. The van der Waals surface area contributed by atoms with Crippen LogP contribution in [0, 0.1) is 11.8 Å². The number of nitrogen functional groups attached to an aromatic ring is 1. The fourth-order valence-corrected chi connectivity index (χ4v) is 8.75. The van der Waals surface area contributed by atoms with Crippen LogP contribution < -0.4 is 17.0 Å². The van der Waals surface area contributed by atoms with Crippen LogP contribution in [0.3, 0.4) is 0 Å². The molecule has 6 rings (SSSR count). The van der Waals surface area contributed by atoms with Crippen LogP contribution in [0.5, 0.6) is 0 Å². The predicted molar refractivity (Wildman–Crippen MR) is 160 cm³/mol. The van der Waals surface area contributed by atoms with E-state index >= 15 is 0 Å². The number of aliphatic hydroxyl groups is 2. The molecule has 3 aromatic heterocycles. The lowest BCUT2D eigenvalue weighted by Gasteiger charge is -2.39. The molecule has 3 unspecified atom stereocenters. The maximum Gasteiger partial charge on any atom is 0.408 e. The van der Waals surface area contributed by atoms with Crippen molar-refractivity contribution in [1.29, 1.82) is 0 Å². The van der Waals surface area contributed by atoms with Gasteiger partial charge in [-0.1, -0.05) is 13.8 Å². The van der Waals surface area contributed by atoms with E-state index in [0.29, 0.717) is 24.3 Å². The summed E-state index contributed by atoms with van der Waals surface area (Å²) in [4.78, 5) is 38.7. The van der Waals surface area contributed by atoms with Crippen LogP contribution in [0.15, 0.2) is 34.5 Å². The second-order valence-corrected chi connectivity index (χ2v) is 14.1. The van der Waals surface area contributed by atoms with Crippen LogP contribution in [0.4, 0.5) is 5.82 Å². The lowest BCUT2D eigenvalue weighted by molar-refractivity contribution is -0.0654. The first-order valence-corrected chi connectivity index (χ1v) is 16.6. The lowest BCUT2D eigenvalue weighted by Crippen LogP contribution is -2.41. The second kappa shape index (κ2) is 13.2. The highest BCUT2D eigenvalue weighted by atomic mass is 31.2. The molecule has 0 bridgehead atoms. The van der Waals surface area contributed by atoms with Gasteiger partial charge in [-0.2, -0.15) is 0 Å². The molecule has 3 saturated heterocycles. The molecule has 5 N–H and O–H groups in total. The fourth-order valence-electron chi connectivity index (χ4n) is 6.54. The second-order valence-electron chi connectivity index (χ2n) is 12.1. The van der Waals surface area contributed by atoms with Crippen LogP contribution in [0.2, 0.25) is 0 Å². The van der Waals surface area contributed by atoms with E-state index in [9.17, 15) is 24.4 Å². The lowest BCUT2D eigenvalue weighted by atomic mass is 9.94. The van der Waals surface area contributed by atoms with E-state index in [-0.39, 0.29) is 30.7 Å². The molecule has 3 aliphatic heterocycles. The summed E-state index contributed by atoms with van der Waals surface area (Å²) in [5.41, 5.74) is 5.44. The number of anilines is 1. The maximum atomic E-state index is 14.8. The topological polar surface area (TPSA) is 231 Å². The number of aromatic nitrogens is 6. The molecule has 19 heteroatoms. The molecular formula is C27H39N8O10P. The highest BCUT2D eigenvalue weighted by Crippen LogP contribution is 2.57. The largest absolute Gasteiger partial charge is 0.408 e. The van der Waals surface area contributed by atoms with Gasteiger partial charge < -0.3 is 30.2 Å². The number of ether oxygens (including phenoxy) is 3. The van der Waals surface area contributed by atoms with Crippen LogP contribution in [-0.2, 0) is 27.8 Å². The van der Waals surface area contributed by atoms with Gasteiger partial charge >= 0.3 is 13.4 Å². The molecule has 0 amide bonds. The third-order valence-corrected chi connectivity index (χ3v) is 10.7. The highest BCUT2D eigenvalue weighted by molar-refractivity contribution is 7.51. The Balaban J connectivity index is 1.24. The molecule has 10 atom stereocenters. The highest BCUT2D eigenvalue weighted by Gasteiger charge is 2.50. The smallest absolute Gasteiger partial charge is 0.394 e. The normalized spacial score (nSPS) is 33.5. The summed E-state index contributed by atoms with van der Waals surface area (Å²) in [7, 11) is -2.77. The quantitative estimate of drug-likeness (QED) is 0.209. The van der Waals surface area contributed by atoms with Gasteiger partial charge in [0.15, 0.2) is 17.7 Å². The molecule has 252 valence electrons. The molecule has 18 nitrogen and oxygen atoms in total. The van der Waals surface area contributed by atoms with Crippen molar-refractivity contribution in [3.8, 4) is 0 Å². The Labute approximate surface area is 263 Å². The number of hydrogen-bond donors (Lipinski definition) is 4. The first kappa shape index (κ1) is 32.9. The molecule has 3 aliphatic rings. The Morgan fingerprint density at radius 3 is 2.57 bits per heavy atom. The van der Waals surface area contributed by atoms with Gasteiger partial charge in [-0.3, -0.25) is 28.0 Å². The van der Waals surface area contributed by atoms with E-state index in [0.717, 1.165) is 17.1 Å². The molecule has 0 saturated carbocycles. The number of piperidine rings is 1. The number of rotatable bonds is 10. The molecule has 0 radical (unpaired) electrons. The van der Waals surface area contributed by atoms with Crippen molar-refractivity contribution < 1.29 is 38.0 Å². The van der Waals surface area contributed by atoms with E-state index in [4.69, 9.17) is 29.0 Å². The average Bonchev–Trinajstić information content (AvgIpc) is 3.71. The molecule has 6 heterocycles. The standard InChI is InChI=1S/C27H39N8O10P/c1-14-6-15(2)9-33(8-14)46(40,42-11-18-22(38)23(41-3)26(44-18)34-5-4-19(37)32-27(34)39)45-16-7-20(43-17(16)10-36)35-13-31-21-24(28)29-12-30-25(21)35/h4-5,12-18,20,22-23,26,36,38H,6-11H2,1-3H3,(H2,28,29,30)(H,32,37,39)/t14?,15?,16-,17+,18+,20+,22+,23+,26+,46?/m0/s1. The average molecular weight is 667 g/mol. The molecule has 0 aliphatic carbocycles. The molecule has 0 spiro atoms. The van der Waals surface area contributed by atoms with E-state index in [2.05, 4.69) is 33.8 Å².